The Morgan fingerprint density at radius 2 is 2.06 bits per heavy atom. The van der Waals surface area contributed by atoms with Crippen LogP contribution in [0.15, 0.2) is 12.3 Å². The Balaban J connectivity index is 2.89. The van der Waals surface area contributed by atoms with Crippen LogP contribution in [0.3, 0.4) is 0 Å². The van der Waals surface area contributed by atoms with Crippen molar-refractivity contribution in [1.82, 2.24) is 4.98 Å². The molecular formula is C13H15NO3. The number of rotatable bonds is 2. The number of aromatic amines is 1. The highest BCUT2D eigenvalue weighted by Gasteiger charge is 2.17. The van der Waals surface area contributed by atoms with Crippen LogP contribution in [0.5, 0.6) is 0 Å². The lowest BCUT2D eigenvalue weighted by atomic mass is 9.97. The summed E-state index contributed by atoms with van der Waals surface area (Å²) in [6.07, 6.45) is 1.12. The van der Waals surface area contributed by atoms with Crippen LogP contribution in [0.4, 0.5) is 0 Å². The van der Waals surface area contributed by atoms with Crippen molar-refractivity contribution in [2.24, 2.45) is 0 Å². The molecular weight excluding hydrogens is 218 g/mol. The summed E-state index contributed by atoms with van der Waals surface area (Å²) in [6, 6.07) is 1.66. The predicted molar refractivity (Wildman–Crippen MR) is 65.4 cm³/mol. The molecule has 2 rings (SSSR count). The smallest absolute Gasteiger partial charge is 0.335 e. The molecule has 0 bridgehead atoms. The first kappa shape index (κ1) is 11.7. The molecule has 1 unspecified atom stereocenters. The molecule has 4 nitrogen and oxygen atoms in total. The van der Waals surface area contributed by atoms with E-state index < -0.39 is 12.1 Å². The topological polar surface area (TPSA) is 73.3 Å². The first-order chi connectivity index (χ1) is 7.93. The highest BCUT2D eigenvalue weighted by molar-refractivity contribution is 5.99. The first-order valence-corrected chi connectivity index (χ1v) is 5.46. The van der Waals surface area contributed by atoms with Gasteiger partial charge in [-0.2, -0.15) is 0 Å². The molecule has 1 aromatic heterocycles. The van der Waals surface area contributed by atoms with E-state index in [1.165, 1.54) is 0 Å². The number of hydrogen-bond donors (Lipinski definition) is 3. The summed E-state index contributed by atoms with van der Waals surface area (Å²) in [7, 11) is 0. The Hall–Kier alpha value is -1.81. The fraction of sp³-hybridized carbons (Fsp3) is 0.308. The van der Waals surface area contributed by atoms with Gasteiger partial charge in [0.2, 0.25) is 0 Å². The fourth-order valence-corrected chi connectivity index (χ4v) is 2.24. The number of carboxylic acids is 1. The molecule has 1 atom stereocenters. The molecule has 0 aliphatic heterocycles. The van der Waals surface area contributed by atoms with Gasteiger partial charge in [0.15, 0.2) is 0 Å². The molecule has 90 valence electrons. The largest absolute Gasteiger partial charge is 0.478 e. The summed E-state index contributed by atoms with van der Waals surface area (Å²) >= 11 is 0. The molecule has 0 radical (unpaired) electrons. The van der Waals surface area contributed by atoms with Gasteiger partial charge in [-0.15, -0.1) is 0 Å². The Labute approximate surface area is 98.9 Å². The maximum absolute atomic E-state index is 11.1. The Kier molecular flexibility index (Phi) is 2.67. The lowest BCUT2D eigenvalue weighted by molar-refractivity contribution is 0.0696. The highest BCUT2D eigenvalue weighted by Crippen LogP contribution is 2.31. The number of aliphatic hydroxyl groups is 1. The van der Waals surface area contributed by atoms with Crippen molar-refractivity contribution in [1.29, 1.82) is 0 Å². The second-order valence-corrected chi connectivity index (χ2v) is 4.34. The number of carboxylic acid groups (broad SMARTS) is 1. The van der Waals surface area contributed by atoms with E-state index in [1.54, 1.807) is 26.1 Å². The summed E-state index contributed by atoms with van der Waals surface area (Å²) in [6.45, 7) is 5.30. The summed E-state index contributed by atoms with van der Waals surface area (Å²) in [5, 5.41) is 19.6. The number of carbonyl (C=O) groups is 1. The highest BCUT2D eigenvalue weighted by atomic mass is 16.4. The second kappa shape index (κ2) is 3.89. The van der Waals surface area contributed by atoms with Crippen LogP contribution < -0.4 is 0 Å². The molecule has 0 amide bonds. The van der Waals surface area contributed by atoms with E-state index in [-0.39, 0.29) is 5.56 Å². The van der Waals surface area contributed by atoms with E-state index in [2.05, 4.69) is 4.98 Å². The van der Waals surface area contributed by atoms with Gasteiger partial charge in [-0.3, -0.25) is 0 Å². The van der Waals surface area contributed by atoms with Crippen molar-refractivity contribution in [3.05, 3.63) is 34.5 Å². The van der Waals surface area contributed by atoms with Gasteiger partial charge in [-0.05, 0) is 38.0 Å². The number of aliphatic hydroxyl groups excluding tert-OH is 1. The maximum Gasteiger partial charge on any atom is 0.335 e. The summed E-state index contributed by atoms with van der Waals surface area (Å²) < 4.78 is 0. The zero-order valence-electron chi connectivity index (χ0n) is 10.0. The average molecular weight is 233 g/mol. The fourth-order valence-electron chi connectivity index (χ4n) is 2.24. The minimum Gasteiger partial charge on any atom is -0.478 e. The summed E-state index contributed by atoms with van der Waals surface area (Å²) in [4.78, 5) is 14.2. The number of aromatic nitrogens is 1. The molecule has 0 aliphatic carbocycles. The zero-order chi connectivity index (χ0) is 12.7. The van der Waals surface area contributed by atoms with E-state index in [9.17, 15) is 9.90 Å². The predicted octanol–water partition coefficient (Wildman–Crippen LogP) is 2.54. The molecule has 0 saturated heterocycles. The molecule has 4 heteroatoms. The molecule has 2 aromatic rings. The molecule has 3 N–H and O–H groups in total. The van der Waals surface area contributed by atoms with Crippen molar-refractivity contribution in [2.75, 3.05) is 0 Å². The third-order valence-corrected chi connectivity index (χ3v) is 3.13. The Morgan fingerprint density at radius 1 is 1.41 bits per heavy atom. The number of nitrogens with one attached hydrogen (secondary N) is 1. The van der Waals surface area contributed by atoms with Crippen molar-refractivity contribution < 1.29 is 15.0 Å². The van der Waals surface area contributed by atoms with E-state index >= 15 is 0 Å². The molecule has 17 heavy (non-hydrogen) atoms. The van der Waals surface area contributed by atoms with Crippen molar-refractivity contribution in [2.45, 2.75) is 26.9 Å². The van der Waals surface area contributed by atoms with Gasteiger partial charge in [-0.25, -0.2) is 4.79 Å². The van der Waals surface area contributed by atoms with E-state index in [1.807, 2.05) is 6.92 Å². The standard InChI is InChI=1S/C13H15NO3/c1-6-4-9(13(16)17)7(2)11-10(8(3)15)5-14-12(6)11/h4-5,8,14-15H,1-3H3,(H,16,17). The minimum absolute atomic E-state index is 0.288. The van der Waals surface area contributed by atoms with Crippen LogP contribution in [-0.2, 0) is 0 Å². The third kappa shape index (κ3) is 1.70. The van der Waals surface area contributed by atoms with Crippen molar-refractivity contribution >= 4 is 16.9 Å². The van der Waals surface area contributed by atoms with E-state index in [0.29, 0.717) is 5.56 Å². The van der Waals surface area contributed by atoms with Crippen LogP contribution in [0, 0.1) is 13.8 Å². The Bertz CT molecular complexity index is 596. The zero-order valence-corrected chi connectivity index (χ0v) is 10.0. The molecule has 1 heterocycles. The van der Waals surface area contributed by atoms with Gasteiger partial charge in [-0.1, -0.05) is 0 Å². The van der Waals surface area contributed by atoms with Crippen LogP contribution in [0.25, 0.3) is 10.9 Å². The number of hydrogen-bond acceptors (Lipinski definition) is 2. The SMILES string of the molecule is Cc1cc(C(=O)O)c(C)c2c(C(C)O)c[nH]c12. The Morgan fingerprint density at radius 3 is 2.59 bits per heavy atom. The second-order valence-electron chi connectivity index (χ2n) is 4.34. The number of fused-ring (bicyclic) bond motifs is 1. The van der Waals surface area contributed by atoms with Crippen LogP contribution in [0.1, 0.15) is 40.1 Å². The van der Waals surface area contributed by atoms with Crippen LogP contribution >= 0.6 is 0 Å². The molecule has 0 aliphatic rings. The number of H-pyrrole nitrogens is 1. The van der Waals surface area contributed by atoms with E-state index in [4.69, 9.17) is 5.11 Å². The minimum atomic E-state index is -0.940. The van der Waals surface area contributed by atoms with Gasteiger partial charge >= 0.3 is 5.97 Å². The van der Waals surface area contributed by atoms with Crippen molar-refractivity contribution in [3.63, 3.8) is 0 Å². The maximum atomic E-state index is 11.1. The van der Waals surface area contributed by atoms with Gasteiger partial charge in [0, 0.05) is 22.7 Å². The van der Waals surface area contributed by atoms with E-state index in [0.717, 1.165) is 22.0 Å². The van der Waals surface area contributed by atoms with Gasteiger partial charge in [0.05, 0.1) is 11.7 Å². The third-order valence-electron chi connectivity index (χ3n) is 3.13. The van der Waals surface area contributed by atoms with Crippen LogP contribution in [0.2, 0.25) is 0 Å². The van der Waals surface area contributed by atoms with Crippen LogP contribution in [-0.4, -0.2) is 21.2 Å². The first-order valence-electron chi connectivity index (χ1n) is 5.46. The van der Waals surface area contributed by atoms with Gasteiger partial charge in [0.25, 0.3) is 0 Å². The molecule has 0 spiro atoms. The lowest BCUT2D eigenvalue weighted by Gasteiger charge is -2.09. The number of benzene rings is 1. The summed E-state index contributed by atoms with van der Waals surface area (Å²) in [5.41, 5.74) is 3.48. The quantitative estimate of drug-likeness (QED) is 0.746. The molecule has 0 saturated carbocycles. The normalized spacial score (nSPS) is 12.9. The lowest BCUT2D eigenvalue weighted by Crippen LogP contribution is -2.02. The molecule has 0 fully saturated rings. The average Bonchev–Trinajstić information content (AvgIpc) is 2.67. The molecule has 1 aromatic carbocycles. The summed E-state index contributed by atoms with van der Waals surface area (Å²) in [5.74, 6) is -0.940. The van der Waals surface area contributed by atoms with Gasteiger partial charge in [0.1, 0.15) is 0 Å². The number of aromatic carboxylic acids is 1. The monoisotopic (exact) mass is 233 g/mol. The van der Waals surface area contributed by atoms with Gasteiger partial charge < -0.3 is 15.2 Å². The number of aryl methyl sites for hydroxylation is 2. The van der Waals surface area contributed by atoms with Crippen molar-refractivity contribution in [3.8, 4) is 0 Å².